The molecule has 1 aromatic carbocycles. The molecular formula is C19H27IN4O2. The number of hydrogen-bond acceptors (Lipinski definition) is 3. The number of rotatable bonds is 8. The minimum atomic E-state index is -0.259. The molecule has 0 unspecified atom stereocenters. The zero-order valence-corrected chi connectivity index (χ0v) is 17.6. The highest BCUT2D eigenvalue weighted by atomic mass is 127. The van der Waals surface area contributed by atoms with Gasteiger partial charge in [0.05, 0.1) is 12.8 Å². The van der Waals surface area contributed by atoms with Crippen molar-refractivity contribution >= 4 is 41.5 Å². The number of unbranched alkanes of at least 4 members (excludes halogenated alkanes) is 1. The lowest BCUT2D eigenvalue weighted by Crippen LogP contribution is -2.37. The number of nitrogens with one attached hydrogen (secondary N) is 3. The molecule has 3 N–H and O–H groups in total. The van der Waals surface area contributed by atoms with Crippen LogP contribution >= 0.6 is 24.0 Å². The van der Waals surface area contributed by atoms with Crippen LogP contribution in [0.25, 0.3) is 0 Å². The molecular weight excluding hydrogens is 443 g/mol. The van der Waals surface area contributed by atoms with Crippen LogP contribution in [0.15, 0.2) is 52.1 Å². The van der Waals surface area contributed by atoms with Crippen LogP contribution in [0.1, 0.15) is 42.8 Å². The monoisotopic (exact) mass is 470 g/mol. The van der Waals surface area contributed by atoms with Gasteiger partial charge in [-0.05, 0) is 43.2 Å². The van der Waals surface area contributed by atoms with Gasteiger partial charge in [0.15, 0.2) is 11.7 Å². The normalized spacial score (nSPS) is 10.8. The Morgan fingerprint density at radius 3 is 2.50 bits per heavy atom. The van der Waals surface area contributed by atoms with E-state index in [1.165, 1.54) is 6.26 Å². The molecule has 0 bridgehead atoms. The highest BCUT2D eigenvalue weighted by Gasteiger charge is 2.08. The number of anilines is 1. The lowest BCUT2D eigenvalue weighted by atomic mass is 10.2. The molecule has 26 heavy (non-hydrogen) atoms. The molecule has 1 heterocycles. The van der Waals surface area contributed by atoms with Gasteiger partial charge >= 0.3 is 0 Å². The third-order valence-corrected chi connectivity index (χ3v) is 3.54. The van der Waals surface area contributed by atoms with Crippen molar-refractivity contribution in [1.82, 2.24) is 10.6 Å². The lowest BCUT2D eigenvalue weighted by molar-refractivity contribution is 0.0996. The number of furan rings is 1. The Kier molecular flexibility index (Phi) is 10.5. The molecule has 6 nitrogen and oxygen atoms in total. The van der Waals surface area contributed by atoms with Crippen LogP contribution in [-0.4, -0.2) is 25.0 Å². The lowest BCUT2D eigenvalue weighted by Gasteiger charge is -2.11. The summed E-state index contributed by atoms with van der Waals surface area (Å²) in [6.07, 6.45) is 3.75. The van der Waals surface area contributed by atoms with Crippen molar-refractivity contribution in [3.05, 3.63) is 54.0 Å². The number of benzene rings is 1. The number of guanidine groups is 1. The van der Waals surface area contributed by atoms with Crippen LogP contribution in [0, 0.1) is 0 Å². The van der Waals surface area contributed by atoms with Crippen molar-refractivity contribution in [2.45, 2.75) is 33.2 Å². The summed E-state index contributed by atoms with van der Waals surface area (Å²) >= 11 is 0. The molecule has 142 valence electrons. The molecule has 0 aliphatic rings. The molecule has 1 amide bonds. The third-order valence-electron chi connectivity index (χ3n) is 3.54. The van der Waals surface area contributed by atoms with E-state index in [-0.39, 0.29) is 29.9 Å². The molecule has 0 saturated carbocycles. The van der Waals surface area contributed by atoms with Crippen LogP contribution < -0.4 is 16.0 Å². The van der Waals surface area contributed by atoms with Gasteiger partial charge in [0.2, 0.25) is 0 Å². The Bertz CT molecular complexity index is 669. The van der Waals surface area contributed by atoms with Crippen LogP contribution in [0.5, 0.6) is 0 Å². The molecule has 2 rings (SSSR count). The van der Waals surface area contributed by atoms with E-state index in [9.17, 15) is 4.79 Å². The number of carbonyl (C=O) groups is 1. The summed E-state index contributed by atoms with van der Waals surface area (Å²) in [4.78, 5) is 16.5. The average molecular weight is 470 g/mol. The summed E-state index contributed by atoms with van der Waals surface area (Å²) < 4.78 is 5.08. The quantitative estimate of drug-likeness (QED) is 0.236. The minimum Gasteiger partial charge on any atom is -0.459 e. The Labute approximate surface area is 171 Å². The smallest absolute Gasteiger partial charge is 0.291 e. The Morgan fingerprint density at radius 2 is 1.88 bits per heavy atom. The maximum Gasteiger partial charge on any atom is 0.291 e. The van der Waals surface area contributed by atoms with Gasteiger partial charge in [-0.3, -0.25) is 4.79 Å². The van der Waals surface area contributed by atoms with Crippen molar-refractivity contribution in [1.29, 1.82) is 0 Å². The fraction of sp³-hybridized carbons (Fsp3) is 0.368. The highest BCUT2D eigenvalue weighted by Crippen LogP contribution is 2.12. The van der Waals surface area contributed by atoms with E-state index in [4.69, 9.17) is 4.42 Å². The summed E-state index contributed by atoms with van der Waals surface area (Å²) in [5.41, 5.74) is 1.80. The van der Waals surface area contributed by atoms with Crippen molar-refractivity contribution in [2.75, 3.05) is 18.4 Å². The molecule has 0 saturated heterocycles. The van der Waals surface area contributed by atoms with Gasteiger partial charge in [-0.2, -0.15) is 0 Å². The molecule has 0 radical (unpaired) electrons. The number of carbonyl (C=O) groups excluding carboxylic acids is 1. The summed E-state index contributed by atoms with van der Waals surface area (Å²) in [5.74, 6) is 0.860. The predicted molar refractivity (Wildman–Crippen MR) is 116 cm³/mol. The van der Waals surface area contributed by atoms with Gasteiger partial charge < -0.3 is 20.4 Å². The number of aliphatic imine (C=N–C) groups is 1. The van der Waals surface area contributed by atoms with E-state index < -0.39 is 0 Å². The topological polar surface area (TPSA) is 78.7 Å². The molecule has 0 spiro atoms. The molecule has 7 heteroatoms. The Morgan fingerprint density at radius 1 is 1.12 bits per heavy atom. The summed E-state index contributed by atoms with van der Waals surface area (Å²) in [7, 11) is 0. The van der Waals surface area contributed by atoms with Crippen molar-refractivity contribution in [2.24, 2.45) is 4.99 Å². The second kappa shape index (κ2) is 12.3. The summed E-state index contributed by atoms with van der Waals surface area (Å²) in [6, 6.07) is 11.0. The SMILES string of the molecule is CCCCNC(=NCc1ccc(NC(=O)c2ccco2)cc1)NCC.I. The number of nitrogens with zero attached hydrogens (tertiary/aromatic N) is 1. The van der Waals surface area contributed by atoms with Gasteiger partial charge in [-0.1, -0.05) is 25.5 Å². The van der Waals surface area contributed by atoms with Gasteiger partial charge in [-0.15, -0.1) is 24.0 Å². The second-order valence-electron chi connectivity index (χ2n) is 5.60. The van der Waals surface area contributed by atoms with Crippen LogP contribution in [-0.2, 0) is 6.54 Å². The number of hydrogen-bond donors (Lipinski definition) is 3. The van der Waals surface area contributed by atoms with Crippen LogP contribution in [0.2, 0.25) is 0 Å². The molecule has 0 aliphatic heterocycles. The maximum absolute atomic E-state index is 11.9. The van der Waals surface area contributed by atoms with E-state index in [0.717, 1.165) is 43.1 Å². The van der Waals surface area contributed by atoms with Gasteiger partial charge in [0, 0.05) is 18.8 Å². The zero-order chi connectivity index (χ0) is 17.9. The minimum absolute atomic E-state index is 0. The molecule has 0 fully saturated rings. The van der Waals surface area contributed by atoms with E-state index in [0.29, 0.717) is 12.3 Å². The first-order chi connectivity index (χ1) is 12.2. The fourth-order valence-corrected chi connectivity index (χ4v) is 2.19. The Hall–Kier alpha value is -2.03. The summed E-state index contributed by atoms with van der Waals surface area (Å²) in [5, 5.41) is 9.35. The average Bonchev–Trinajstić information content (AvgIpc) is 3.16. The largest absolute Gasteiger partial charge is 0.459 e. The van der Waals surface area contributed by atoms with E-state index in [2.05, 4.69) is 27.9 Å². The predicted octanol–water partition coefficient (Wildman–Crippen LogP) is 4.01. The molecule has 0 atom stereocenters. The van der Waals surface area contributed by atoms with Gasteiger partial charge in [-0.25, -0.2) is 4.99 Å². The maximum atomic E-state index is 11.9. The third kappa shape index (κ3) is 7.47. The van der Waals surface area contributed by atoms with Crippen molar-refractivity contribution in [3.63, 3.8) is 0 Å². The molecule has 1 aromatic heterocycles. The molecule has 0 aliphatic carbocycles. The zero-order valence-electron chi connectivity index (χ0n) is 15.2. The molecule has 2 aromatic rings. The number of amides is 1. The first-order valence-corrected chi connectivity index (χ1v) is 8.69. The van der Waals surface area contributed by atoms with E-state index in [1.54, 1.807) is 12.1 Å². The van der Waals surface area contributed by atoms with E-state index in [1.807, 2.05) is 31.2 Å². The van der Waals surface area contributed by atoms with E-state index >= 15 is 0 Å². The first kappa shape index (κ1) is 22.0. The Balaban J connectivity index is 0.00000338. The first-order valence-electron chi connectivity index (χ1n) is 8.69. The standard InChI is InChI=1S/C19H26N4O2.HI/c1-3-5-12-21-19(20-4-2)22-14-15-8-10-16(11-9-15)23-18(24)17-7-6-13-25-17;/h6-11,13H,3-5,12,14H2,1-2H3,(H,23,24)(H2,20,21,22);1H. The van der Waals surface area contributed by atoms with Crippen LogP contribution in [0.3, 0.4) is 0 Å². The summed E-state index contributed by atoms with van der Waals surface area (Å²) in [6.45, 7) is 6.54. The second-order valence-corrected chi connectivity index (χ2v) is 5.60. The fourth-order valence-electron chi connectivity index (χ4n) is 2.19. The van der Waals surface area contributed by atoms with Crippen molar-refractivity contribution in [3.8, 4) is 0 Å². The van der Waals surface area contributed by atoms with Crippen LogP contribution in [0.4, 0.5) is 5.69 Å². The number of halogens is 1. The highest BCUT2D eigenvalue weighted by molar-refractivity contribution is 14.0. The van der Waals surface area contributed by atoms with Gasteiger partial charge in [0.25, 0.3) is 5.91 Å². The van der Waals surface area contributed by atoms with Gasteiger partial charge in [0.1, 0.15) is 0 Å². The van der Waals surface area contributed by atoms with Crippen molar-refractivity contribution < 1.29 is 9.21 Å².